The molecule has 3 amide bonds. The van der Waals surface area contributed by atoms with Gasteiger partial charge in [0, 0.05) is 10.7 Å². The molecule has 0 radical (unpaired) electrons. The van der Waals surface area contributed by atoms with E-state index >= 15 is 0 Å². The first kappa shape index (κ1) is 24.3. The molecule has 0 saturated heterocycles. The van der Waals surface area contributed by atoms with Crippen LogP contribution in [0.3, 0.4) is 0 Å². The normalized spacial score (nSPS) is 10.4. The molecule has 34 heavy (non-hydrogen) atoms. The summed E-state index contributed by atoms with van der Waals surface area (Å²) in [5.41, 5.74) is 3.62. The van der Waals surface area contributed by atoms with Crippen molar-refractivity contribution >= 4 is 46.9 Å². The van der Waals surface area contributed by atoms with Crippen molar-refractivity contribution in [3.63, 3.8) is 0 Å². The molecule has 10 heteroatoms. The van der Waals surface area contributed by atoms with Crippen molar-refractivity contribution in [1.82, 2.24) is 5.43 Å². The van der Waals surface area contributed by atoms with Gasteiger partial charge in [0.05, 0.1) is 31.7 Å². The van der Waals surface area contributed by atoms with E-state index in [-0.39, 0.29) is 11.3 Å². The van der Waals surface area contributed by atoms with Gasteiger partial charge in [-0.25, -0.2) is 5.43 Å². The minimum Gasteiger partial charge on any atom is -0.493 e. The third kappa shape index (κ3) is 6.33. The van der Waals surface area contributed by atoms with Crippen LogP contribution in [0.15, 0.2) is 71.8 Å². The van der Waals surface area contributed by atoms with Gasteiger partial charge in [-0.3, -0.25) is 14.4 Å². The molecular weight excluding hydrogens is 460 g/mol. The van der Waals surface area contributed by atoms with Crippen molar-refractivity contribution in [2.24, 2.45) is 5.10 Å². The van der Waals surface area contributed by atoms with Gasteiger partial charge in [0.25, 0.3) is 5.91 Å². The maximum absolute atomic E-state index is 12.7. The number of halogens is 1. The Morgan fingerprint density at radius 2 is 1.56 bits per heavy atom. The lowest BCUT2D eigenvalue weighted by atomic mass is 10.1. The monoisotopic (exact) mass is 480 g/mol. The maximum Gasteiger partial charge on any atom is 0.329 e. The van der Waals surface area contributed by atoms with Crippen LogP contribution < -0.4 is 25.5 Å². The summed E-state index contributed by atoms with van der Waals surface area (Å²) >= 11 is 5.86. The van der Waals surface area contributed by atoms with Crippen LogP contribution in [0.5, 0.6) is 11.5 Å². The van der Waals surface area contributed by atoms with Crippen molar-refractivity contribution in [2.45, 2.75) is 0 Å². The van der Waals surface area contributed by atoms with Crippen LogP contribution in [-0.2, 0) is 9.59 Å². The molecule has 3 N–H and O–H groups in total. The predicted molar refractivity (Wildman–Crippen MR) is 130 cm³/mol. The number of hydrazone groups is 1. The topological polar surface area (TPSA) is 118 Å². The highest BCUT2D eigenvalue weighted by molar-refractivity contribution is 6.40. The highest BCUT2D eigenvalue weighted by Gasteiger charge is 2.18. The van der Waals surface area contributed by atoms with Gasteiger partial charge in [-0.1, -0.05) is 23.7 Å². The summed E-state index contributed by atoms with van der Waals surface area (Å²) in [5, 5.41) is 9.45. The van der Waals surface area contributed by atoms with Crippen LogP contribution in [0.25, 0.3) is 0 Å². The Kier molecular flexibility index (Phi) is 8.20. The summed E-state index contributed by atoms with van der Waals surface area (Å²) in [7, 11) is 3.02. The van der Waals surface area contributed by atoms with E-state index in [1.54, 1.807) is 54.6 Å². The predicted octanol–water partition coefficient (Wildman–Crippen LogP) is 3.70. The maximum atomic E-state index is 12.7. The number of carbonyl (C=O) groups excluding carboxylic acids is 3. The van der Waals surface area contributed by atoms with E-state index in [2.05, 4.69) is 21.2 Å². The zero-order valence-corrected chi connectivity index (χ0v) is 19.1. The first-order chi connectivity index (χ1) is 16.4. The van der Waals surface area contributed by atoms with Crippen molar-refractivity contribution in [1.29, 1.82) is 0 Å². The molecule has 0 unspecified atom stereocenters. The molecule has 3 rings (SSSR count). The number of carbonyl (C=O) groups is 3. The van der Waals surface area contributed by atoms with Gasteiger partial charge in [-0.2, -0.15) is 5.10 Å². The number of anilines is 2. The van der Waals surface area contributed by atoms with Gasteiger partial charge in [0.2, 0.25) is 0 Å². The standard InChI is InChI=1S/C24H21ClN4O5/c1-33-20-12-7-15(13-21(20)34-2)14-26-29-24(32)23(31)28-19-6-4-3-5-18(19)22(30)27-17-10-8-16(25)9-11-17/h3-14H,1-2H3,(H,27,30)(H,28,31)(H,29,32). The fourth-order valence-electron chi connectivity index (χ4n) is 2.85. The fraction of sp³-hybridized carbons (Fsp3) is 0.0833. The Morgan fingerprint density at radius 1 is 0.853 bits per heavy atom. The molecule has 0 fully saturated rings. The summed E-state index contributed by atoms with van der Waals surface area (Å²) in [6, 6.07) is 17.9. The lowest BCUT2D eigenvalue weighted by molar-refractivity contribution is -0.136. The van der Waals surface area contributed by atoms with Crippen molar-refractivity contribution in [3.8, 4) is 11.5 Å². The second-order valence-electron chi connectivity index (χ2n) is 6.77. The van der Waals surface area contributed by atoms with Crippen LogP contribution in [0, 0.1) is 0 Å². The summed E-state index contributed by atoms with van der Waals surface area (Å²) in [5.74, 6) is -1.43. The highest BCUT2D eigenvalue weighted by atomic mass is 35.5. The fourth-order valence-corrected chi connectivity index (χ4v) is 2.98. The number of para-hydroxylation sites is 1. The van der Waals surface area contributed by atoms with Crippen LogP contribution in [0.2, 0.25) is 5.02 Å². The third-order valence-corrected chi connectivity index (χ3v) is 4.77. The first-order valence-electron chi connectivity index (χ1n) is 9.93. The summed E-state index contributed by atoms with van der Waals surface area (Å²) < 4.78 is 10.4. The minimum absolute atomic E-state index is 0.165. The summed E-state index contributed by atoms with van der Waals surface area (Å²) in [4.78, 5) is 37.2. The van der Waals surface area contributed by atoms with Gasteiger partial charge in [0.1, 0.15) is 0 Å². The second-order valence-corrected chi connectivity index (χ2v) is 7.21. The number of ether oxygens (including phenoxy) is 2. The minimum atomic E-state index is -1.01. The molecule has 0 aromatic heterocycles. The van der Waals surface area contributed by atoms with Gasteiger partial charge < -0.3 is 20.1 Å². The van der Waals surface area contributed by atoms with Crippen LogP contribution >= 0.6 is 11.6 Å². The molecule has 0 bridgehead atoms. The molecule has 0 saturated carbocycles. The molecule has 3 aromatic carbocycles. The zero-order chi connectivity index (χ0) is 24.5. The quantitative estimate of drug-likeness (QED) is 0.271. The molecule has 0 heterocycles. The second kappa shape index (κ2) is 11.5. The van der Waals surface area contributed by atoms with Crippen LogP contribution in [0.1, 0.15) is 15.9 Å². The Balaban J connectivity index is 1.63. The number of rotatable bonds is 7. The molecule has 0 atom stereocenters. The number of nitrogens with one attached hydrogen (secondary N) is 3. The first-order valence-corrected chi connectivity index (χ1v) is 10.3. The smallest absolute Gasteiger partial charge is 0.329 e. The van der Waals surface area contributed by atoms with E-state index in [1.807, 2.05) is 0 Å². The van der Waals surface area contributed by atoms with Gasteiger partial charge in [-0.05, 0) is 60.2 Å². The molecule has 9 nitrogen and oxygen atoms in total. The number of benzene rings is 3. The van der Waals surface area contributed by atoms with E-state index in [1.165, 1.54) is 32.6 Å². The molecule has 0 aliphatic rings. The van der Waals surface area contributed by atoms with Gasteiger partial charge in [0.15, 0.2) is 11.5 Å². The largest absolute Gasteiger partial charge is 0.493 e. The molecule has 0 aliphatic carbocycles. The van der Waals surface area contributed by atoms with Crippen LogP contribution in [-0.4, -0.2) is 38.2 Å². The molecule has 3 aromatic rings. The van der Waals surface area contributed by atoms with E-state index in [4.69, 9.17) is 21.1 Å². The Hall–Kier alpha value is -4.37. The summed E-state index contributed by atoms with van der Waals surface area (Å²) in [6.45, 7) is 0. The SMILES string of the molecule is COc1ccc(C=NNC(=O)C(=O)Nc2ccccc2C(=O)Nc2ccc(Cl)cc2)cc1OC. The van der Waals surface area contributed by atoms with E-state index < -0.39 is 17.7 Å². The summed E-state index contributed by atoms with van der Waals surface area (Å²) in [6.07, 6.45) is 1.35. The molecule has 0 spiro atoms. The average molecular weight is 481 g/mol. The third-order valence-electron chi connectivity index (χ3n) is 4.52. The molecule has 174 valence electrons. The highest BCUT2D eigenvalue weighted by Crippen LogP contribution is 2.26. The lowest BCUT2D eigenvalue weighted by Crippen LogP contribution is -2.33. The zero-order valence-electron chi connectivity index (χ0n) is 18.3. The number of amides is 3. The molecule has 0 aliphatic heterocycles. The van der Waals surface area contributed by atoms with Gasteiger partial charge >= 0.3 is 11.8 Å². The van der Waals surface area contributed by atoms with E-state index in [0.29, 0.717) is 27.8 Å². The van der Waals surface area contributed by atoms with E-state index in [0.717, 1.165) is 0 Å². The average Bonchev–Trinajstić information content (AvgIpc) is 2.85. The van der Waals surface area contributed by atoms with Crippen molar-refractivity contribution in [2.75, 3.05) is 24.9 Å². The lowest BCUT2D eigenvalue weighted by Gasteiger charge is -2.11. The number of methoxy groups -OCH3 is 2. The molecular formula is C24H21ClN4O5. The van der Waals surface area contributed by atoms with Crippen molar-refractivity contribution in [3.05, 3.63) is 82.9 Å². The Morgan fingerprint density at radius 3 is 2.26 bits per heavy atom. The Bertz CT molecular complexity index is 1230. The van der Waals surface area contributed by atoms with Crippen molar-refractivity contribution < 1.29 is 23.9 Å². The Labute approximate surface area is 200 Å². The van der Waals surface area contributed by atoms with Gasteiger partial charge in [-0.15, -0.1) is 0 Å². The number of nitrogens with zero attached hydrogens (tertiary/aromatic N) is 1. The van der Waals surface area contributed by atoms with Crippen LogP contribution in [0.4, 0.5) is 11.4 Å². The number of hydrogen-bond acceptors (Lipinski definition) is 6. The van der Waals surface area contributed by atoms with E-state index in [9.17, 15) is 14.4 Å². The number of hydrogen-bond donors (Lipinski definition) is 3.